The van der Waals surface area contributed by atoms with Crippen LogP contribution in [0.15, 0.2) is 24.3 Å². The summed E-state index contributed by atoms with van der Waals surface area (Å²) in [4.78, 5) is 16.5. The third-order valence-electron chi connectivity index (χ3n) is 5.81. The molecule has 0 saturated carbocycles. The van der Waals surface area contributed by atoms with Crippen molar-refractivity contribution in [3.63, 3.8) is 0 Å². The summed E-state index contributed by atoms with van der Waals surface area (Å²) in [6, 6.07) is 5.91. The number of halogens is 3. The average Bonchev–Trinajstić information content (AvgIpc) is 2.96. The number of piperazine rings is 1. The van der Waals surface area contributed by atoms with E-state index in [0.29, 0.717) is 49.7 Å². The van der Waals surface area contributed by atoms with Crippen LogP contribution in [0, 0.1) is 17.0 Å². The molecule has 2 heterocycles. The van der Waals surface area contributed by atoms with Crippen molar-refractivity contribution in [3.05, 3.63) is 46.2 Å². The molecular formula is C25H25ClFIN2O4S. The van der Waals surface area contributed by atoms with Gasteiger partial charge in [0.25, 0.3) is 0 Å². The van der Waals surface area contributed by atoms with Crippen molar-refractivity contribution in [2.45, 2.75) is 39.0 Å². The number of phenolic OH excluding ortho intramolecular Hbond substituents is 1. The molecule has 0 bridgehead atoms. The second-order valence-corrected chi connectivity index (χ2v) is 11.5. The second-order valence-electron chi connectivity index (χ2n) is 9.40. The lowest BCUT2D eigenvalue weighted by atomic mass is 9.95. The molecule has 0 aromatic heterocycles. The predicted octanol–water partition coefficient (Wildman–Crippen LogP) is 6.06. The highest BCUT2D eigenvalue weighted by atomic mass is 127. The summed E-state index contributed by atoms with van der Waals surface area (Å²) in [5.41, 5.74) is 1.05. The fourth-order valence-electron chi connectivity index (χ4n) is 4.29. The molecule has 1 fully saturated rings. The Balaban J connectivity index is 1.70. The maximum absolute atomic E-state index is 14.8. The number of phenols is 1. The third-order valence-corrected chi connectivity index (χ3v) is 7.01. The molecule has 2 aromatic carbocycles. The standard InChI is InChI=1S/C25H25ClFIN2O4S/c1-25(2,3)34-24(32)30-9-8-29-12-16-11-15(7-10-35-28)20(21-18(27)5-4-6-19(21)31)22(26)23(16)33-14-17(29)13-30/h4-6,11,17,31H,8-9,12-14H2,1-3H3. The number of rotatable bonds is 1. The van der Waals surface area contributed by atoms with E-state index in [-0.39, 0.29) is 28.5 Å². The Morgan fingerprint density at radius 3 is 2.80 bits per heavy atom. The van der Waals surface area contributed by atoms with Gasteiger partial charge in [-0.3, -0.25) is 4.90 Å². The van der Waals surface area contributed by atoms with Crippen molar-refractivity contribution in [1.82, 2.24) is 9.80 Å². The molecule has 10 heteroatoms. The summed E-state index contributed by atoms with van der Waals surface area (Å²) in [5, 5.41) is 13.6. The fraction of sp³-hybridized carbons (Fsp3) is 0.400. The number of amides is 1. The topological polar surface area (TPSA) is 62.2 Å². The monoisotopic (exact) mass is 630 g/mol. The van der Waals surface area contributed by atoms with E-state index < -0.39 is 11.4 Å². The number of ether oxygens (including phenoxy) is 2. The van der Waals surface area contributed by atoms with Gasteiger partial charge in [0.15, 0.2) is 0 Å². The molecule has 1 amide bonds. The summed E-state index contributed by atoms with van der Waals surface area (Å²) in [6.45, 7) is 8.00. The molecular weight excluding hydrogens is 606 g/mol. The molecule has 35 heavy (non-hydrogen) atoms. The number of carbonyl (C=O) groups is 1. The van der Waals surface area contributed by atoms with Crippen LogP contribution in [0.2, 0.25) is 5.02 Å². The lowest BCUT2D eigenvalue weighted by Crippen LogP contribution is -2.56. The van der Waals surface area contributed by atoms with Gasteiger partial charge < -0.3 is 19.5 Å². The Morgan fingerprint density at radius 2 is 2.11 bits per heavy atom. The Hall–Kier alpha value is -1.87. The SMILES string of the molecule is CC(C)(C)OC(=O)N1CCN2Cc3cc(C#CSI)c(-c4c(O)cccc4F)c(Cl)c3OCC2C1. The highest BCUT2D eigenvalue weighted by molar-refractivity contribution is 14.2. The number of hydrogen-bond acceptors (Lipinski definition) is 6. The van der Waals surface area contributed by atoms with Gasteiger partial charge in [0, 0.05) is 64.1 Å². The van der Waals surface area contributed by atoms with E-state index in [1.54, 1.807) is 4.90 Å². The van der Waals surface area contributed by atoms with Gasteiger partial charge in [-0.1, -0.05) is 23.6 Å². The van der Waals surface area contributed by atoms with Crippen molar-refractivity contribution < 1.29 is 23.8 Å². The van der Waals surface area contributed by atoms with Crippen LogP contribution in [-0.2, 0) is 11.3 Å². The summed E-state index contributed by atoms with van der Waals surface area (Å²) < 4.78 is 26.5. The maximum Gasteiger partial charge on any atom is 0.410 e. The van der Waals surface area contributed by atoms with E-state index in [1.807, 2.05) is 26.8 Å². The molecule has 1 atom stereocenters. The smallest absolute Gasteiger partial charge is 0.410 e. The Morgan fingerprint density at radius 1 is 1.34 bits per heavy atom. The van der Waals surface area contributed by atoms with Gasteiger partial charge in [0.05, 0.1) is 16.6 Å². The zero-order valence-corrected chi connectivity index (χ0v) is 23.3. The minimum absolute atomic E-state index is 0.00951. The van der Waals surface area contributed by atoms with E-state index in [9.17, 15) is 14.3 Å². The molecule has 1 N–H and O–H groups in total. The van der Waals surface area contributed by atoms with Gasteiger partial charge in [0.2, 0.25) is 0 Å². The molecule has 2 aliphatic heterocycles. The van der Waals surface area contributed by atoms with Crippen LogP contribution in [0.1, 0.15) is 31.9 Å². The molecule has 1 saturated heterocycles. The van der Waals surface area contributed by atoms with Crippen LogP contribution in [0.3, 0.4) is 0 Å². The Kier molecular flexibility index (Phi) is 7.95. The number of carbonyl (C=O) groups excluding carboxylic acids is 1. The van der Waals surface area contributed by atoms with Crippen molar-refractivity contribution in [2.24, 2.45) is 0 Å². The Labute approximate surface area is 225 Å². The van der Waals surface area contributed by atoms with Crippen LogP contribution in [0.5, 0.6) is 11.5 Å². The lowest BCUT2D eigenvalue weighted by Gasteiger charge is -2.40. The highest BCUT2D eigenvalue weighted by Crippen LogP contribution is 2.46. The molecule has 2 aromatic rings. The lowest BCUT2D eigenvalue weighted by molar-refractivity contribution is -0.00154. The summed E-state index contributed by atoms with van der Waals surface area (Å²) in [5.74, 6) is 2.66. The molecule has 0 spiro atoms. The van der Waals surface area contributed by atoms with E-state index in [1.165, 1.54) is 27.1 Å². The molecule has 4 rings (SSSR count). The number of benzene rings is 2. The van der Waals surface area contributed by atoms with E-state index >= 15 is 0 Å². The van der Waals surface area contributed by atoms with Crippen LogP contribution < -0.4 is 4.74 Å². The van der Waals surface area contributed by atoms with Crippen LogP contribution >= 0.6 is 41.7 Å². The summed E-state index contributed by atoms with van der Waals surface area (Å²) >= 11 is 8.89. The molecule has 1 unspecified atom stereocenters. The van der Waals surface area contributed by atoms with Crippen LogP contribution in [-0.4, -0.2) is 58.9 Å². The van der Waals surface area contributed by atoms with Crippen molar-refractivity contribution >= 4 is 47.8 Å². The number of fused-ring (bicyclic) bond motifs is 2. The average molecular weight is 631 g/mol. The molecule has 186 valence electrons. The first-order valence-electron chi connectivity index (χ1n) is 11.1. The number of hydrogen-bond donors (Lipinski definition) is 1. The van der Waals surface area contributed by atoms with Crippen molar-refractivity contribution in [3.8, 4) is 33.8 Å². The van der Waals surface area contributed by atoms with Crippen LogP contribution in [0.25, 0.3) is 11.1 Å². The van der Waals surface area contributed by atoms with Gasteiger partial charge >= 0.3 is 6.09 Å². The summed E-state index contributed by atoms with van der Waals surface area (Å²) in [6.07, 6.45) is -0.344. The second kappa shape index (κ2) is 10.6. The maximum atomic E-state index is 14.8. The largest absolute Gasteiger partial charge is 0.507 e. The minimum atomic E-state index is -0.601. The van der Waals surface area contributed by atoms with E-state index in [0.717, 1.165) is 5.56 Å². The van der Waals surface area contributed by atoms with Crippen molar-refractivity contribution in [2.75, 3.05) is 26.2 Å². The zero-order valence-electron chi connectivity index (χ0n) is 19.5. The van der Waals surface area contributed by atoms with Crippen LogP contribution in [0.4, 0.5) is 9.18 Å². The third kappa shape index (κ3) is 5.77. The van der Waals surface area contributed by atoms with Gasteiger partial charge in [0.1, 0.15) is 29.5 Å². The van der Waals surface area contributed by atoms with Gasteiger partial charge in [-0.2, -0.15) is 0 Å². The number of nitrogens with zero attached hydrogens (tertiary/aromatic N) is 2. The zero-order chi connectivity index (χ0) is 25.3. The van der Waals surface area contributed by atoms with Gasteiger partial charge in [-0.15, -0.1) is 0 Å². The molecule has 2 aliphatic rings. The van der Waals surface area contributed by atoms with Gasteiger partial charge in [-0.05, 0) is 53.2 Å². The molecule has 0 radical (unpaired) electrons. The van der Waals surface area contributed by atoms with E-state index in [2.05, 4.69) is 37.3 Å². The quantitative estimate of drug-likeness (QED) is 0.306. The number of aromatic hydroxyl groups is 1. The highest BCUT2D eigenvalue weighted by Gasteiger charge is 2.36. The summed E-state index contributed by atoms with van der Waals surface area (Å²) in [7, 11) is 1.30. The molecule has 6 nitrogen and oxygen atoms in total. The van der Waals surface area contributed by atoms with E-state index in [4.69, 9.17) is 21.1 Å². The van der Waals surface area contributed by atoms with Crippen molar-refractivity contribution in [1.29, 1.82) is 0 Å². The first-order valence-corrected chi connectivity index (χ1v) is 14.8. The molecule has 0 aliphatic carbocycles. The predicted molar refractivity (Wildman–Crippen MR) is 144 cm³/mol. The van der Waals surface area contributed by atoms with Gasteiger partial charge in [-0.25, -0.2) is 9.18 Å². The normalized spacial score (nSPS) is 17.9. The fourth-order valence-corrected chi connectivity index (χ4v) is 5.14. The Bertz CT molecular complexity index is 1190. The first-order chi connectivity index (χ1) is 16.6. The first kappa shape index (κ1) is 26.2. The minimum Gasteiger partial charge on any atom is -0.507 e.